The number of hydrogen-bond acceptors (Lipinski definition) is 5. The normalized spacial score (nSPS) is 12.8. The standard InChI is InChI=1S/C9H18N4O/c1-4-7(2)5-11-9-13-12-8(14-9)6-10-3/h7,10H,4-6H2,1-3H3,(H,11,13). The lowest BCUT2D eigenvalue weighted by Gasteiger charge is -2.06. The highest BCUT2D eigenvalue weighted by atomic mass is 16.4. The van der Waals surface area contributed by atoms with E-state index in [0.717, 1.165) is 13.0 Å². The lowest BCUT2D eigenvalue weighted by molar-refractivity contribution is 0.483. The molecule has 0 radical (unpaired) electrons. The molecule has 1 atom stereocenters. The number of hydrogen-bond donors (Lipinski definition) is 2. The van der Waals surface area contributed by atoms with Crippen LogP contribution < -0.4 is 10.6 Å². The summed E-state index contributed by atoms with van der Waals surface area (Å²) in [5.41, 5.74) is 0. The number of rotatable bonds is 6. The molecule has 0 aromatic carbocycles. The van der Waals surface area contributed by atoms with Crippen LogP contribution in [0.25, 0.3) is 0 Å². The van der Waals surface area contributed by atoms with Crippen molar-refractivity contribution < 1.29 is 4.42 Å². The molecule has 1 rings (SSSR count). The highest BCUT2D eigenvalue weighted by Gasteiger charge is 2.05. The maximum atomic E-state index is 5.32. The van der Waals surface area contributed by atoms with Crippen LogP contribution >= 0.6 is 0 Å². The van der Waals surface area contributed by atoms with Crippen LogP contribution in [0.2, 0.25) is 0 Å². The van der Waals surface area contributed by atoms with Gasteiger partial charge < -0.3 is 15.1 Å². The summed E-state index contributed by atoms with van der Waals surface area (Å²) in [6.45, 7) is 5.82. The monoisotopic (exact) mass is 198 g/mol. The van der Waals surface area contributed by atoms with E-state index in [2.05, 4.69) is 34.7 Å². The summed E-state index contributed by atoms with van der Waals surface area (Å²) in [5.74, 6) is 1.23. The summed E-state index contributed by atoms with van der Waals surface area (Å²) in [7, 11) is 1.84. The molecule has 0 aliphatic carbocycles. The molecular weight excluding hydrogens is 180 g/mol. The first-order chi connectivity index (χ1) is 6.76. The lowest BCUT2D eigenvalue weighted by Crippen LogP contribution is -2.10. The van der Waals surface area contributed by atoms with Crippen molar-refractivity contribution in [1.29, 1.82) is 0 Å². The van der Waals surface area contributed by atoms with E-state index in [1.54, 1.807) is 0 Å². The summed E-state index contributed by atoms with van der Waals surface area (Å²) < 4.78 is 5.32. The van der Waals surface area contributed by atoms with Gasteiger partial charge in [0.2, 0.25) is 5.89 Å². The number of nitrogens with one attached hydrogen (secondary N) is 2. The van der Waals surface area contributed by atoms with Gasteiger partial charge in [-0.05, 0) is 13.0 Å². The molecule has 0 aliphatic rings. The molecule has 0 amide bonds. The Hall–Kier alpha value is -1.10. The Morgan fingerprint density at radius 2 is 2.21 bits per heavy atom. The van der Waals surface area contributed by atoms with Crippen molar-refractivity contribution in [2.45, 2.75) is 26.8 Å². The zero-order valence-electron chi connectivity index (χ0n) is 9.00. The van der Waals surface area contributed by atoms with E-state index in [4.69, 9.17) is 4.42 Å². The van der Waals surface area contributed by atoms with Gasteiger partial charge >= 0.3 is 6.01 Å². The molecule has 0 saturated heterocycles. The van der Waals surface area contributed by atoms with Crippen LogP contribution in [0.15, 0.2) is 4.42 Å². The first kappa shape index (κ1) is 11.0. The fourth-order valence-corrected chi connectivity index (χ4v) is 0.954. The van der Waals surface area contributed by atoms with E-state index < -0.39 is 0 Å². The van der Waals surface area contributed by atoms with E-state index in [9.17, 15) is 0 Å². The largest absolute Gasteiger partial charge is 0.407 e. The van der Waals surface area contributed by atoms with Crippen LogP contribution in [0.1, 0.15) is 26.2 Å². The summed E-state index contributed by atoms with van der Waals surface area (Å²) in [4.78, 5) is 0. The van der Waals surface area contributed by atoms with Gasteiger partial charge in [0.25, 0.3) is 0 Å². The SMILES string of the molecule is CCC(C)CNc1nnc(CNC)o1. The molecular formula is C9H18N4O. The van der Waals surface area contributed by atoms with E-state index in [-0.39, 0.29) is 0 Å². The van der Waals surface area contributed by atoms with Crippen LogP contribution in [-0.2, 0) is 6.54 Å². The zero-order valence-corrected chi connectivity index (χ0v) is 9.00. The van der Waals surface area contributed by atoms with Gasteiger partial charge in [-0.15, -0.1) is 5.10 Å². The fourth-order valence-electron chi connectivity index (χ4n) is 0.954. The fraction of sp³-hybridized carbons (Fsp3) is 0.778. The Morgan fingerprint density at radius 1 is 1.43 bits per heavy atom. The average molecular weight is 198 g/mol. The molecule has 2 N–H and O–H groups in total. The maximum absolute atomic E-state index is 5.32. The first-order valence-electron chi connectivity index (χ1n) is 4.97. The lowest BCUT2D eigenvalue weighted by atomic mass is 10.1. The topological polar surface area (TPSA) is 63.0 Å². The third-order valence-electron chi connectivity index (χ3n) is 2.09. The van der Waals surface area contributed by atoms with Crippen molar-refractivity contribution in [3.63, 3.8) is 0 Å². The van der Waals surface area contributed by atoms with Gasteiger partial charge in [-0.3, -0.25) is 0 Å². The summed E-state index contributed by atoms with van der Waals surface area (Å²) in [5, 5.41) is 13.8. The number of anilines is 1. The second-order valence-corrected chi connectivity index (χ2v) is 3.43. The predicted octanol–water partition coefficient (Wildman–Crippen LogP) is 1.25. The van der Waals surface area contributed by atoms with Crippen LogP contribution in [0, 0.1) is 5.92 Å². The van der Waals surface area contributed by atoms with Gasteiger partial charge in [-0.1, -0.05) is 25.4 Å². The van der Waals surface area contributed by atoms with Gasteiger partial charge in [0.1, 0.15) is 0 Å². The van der Waals surface area contributed by atoms with Crippen molar-refractivity contribution in [2.24, 2.45) is 5.92 Å². The van der Waals surface area contributed by atoms with Crippen LogP contribution in [0.3, 0.4) is 0 Å². The van der Waals surface area contributed by atoms with Crippen molar-refractivity contribution in [3.05, 3.63) is 5.89 Å². The molecule has 1 aromatic rings. The molecule has 0 fully saturated rings. The Morgan fingerprint density at radius 3 is 2.86 bits per heavy atom. The Labute approximate surface area is 84.3 Å². The van der Waals surface area contributed by atoms with Gasteiger partial charge in [-0.2, -0.15) is 0 Å². The minimum atomic E-state index is 0.510. The van der Waals surface area contributed by atoms with Crippen LogP contribution in [0.4, 0.5) is 6.01 Å². The predicted molar refractivity (Wildman–Crippen MR) is 55.0 cm³/mol. The highest BCUT2D eigenvalue weighted by Crippen LogP contribution is 2.07. The summed E-state index contributed by atoms with van der Waals surface area (Å²) in [6.07, 6.45) is 1.14. The molecule has 80 valence electrons. The molecule has 0 aliphatic heterocycles. The van der Waals surface area contributed by atoms with E-state index in [1.165, 1.54) is 0 Å². The maximum Gasteiger partial charge on any atom is 0.315 e. The molecule has 1 aromatic heterocycles. The highest BCUT2D eigenvalue weighted by molar-refractivity contribution is 5.16. The Balaban J connectivity index is 2.35. The zero-order chi connectivity index (χ0) is 10.4. The molecule has 14 heavy (non-hydrogen) atoms. The molecule has 5 nitrogen and oxygen atoms in total. The van der Waals surface area contributed by atoms with E-state index in [0.29, 0.717) is 24.4 Å². The van der Waals surface area contributed by atoms with Gasteiger partial charge in [0, 0.05) is 6.54 Å². The third-order valence-corrected chi connectivity index (χ3v) is 2.09. The van der Waals surface area contributed by atoms with Crippen molar-refractivity contribution in [2.75, 3.05) is 18.9 Å². The first-order valence-corrected chi connectivity index (χ1v) is 4.97. The second-order valence-electron chi connectivity index (χ2n) is 3.43. The second kappa shape index (κ2) is 5.59. The molecule has 5 heteroatoms. The summed E-state index contributed by atoms with van der Waals surface area (Å²) >= 11 is 0. The van der Waals surface area contributed by atoms with Gasteiger partial charge in [-0.25, -0.2) is 0 Å². The smallest absolute Gasteiger partial charge is 0.315 e. The molecule has 0 spiro atoms. The molecule has 0 bridgehead atoms. The summed E-state index contributed by atoms with van der Waals surface area (Å²) in [6, 6.07) is 0.510. The van der Waals surface area contributed by atoms with Crippen molar-refractivity contribution in [1.82, 2.24) is 15.5 Å². The van der Waals surface area contributed by atoms with E-state index in [1.807, 2.05) is 7.05 Å². The number of aromatic nitrogens is 2. The number of nitrogens with zero attached hydrogens (tertiary/aromatic N) is 2. The average Bonchev–Trinajstić information content (AvgIpc) is 2.63. The van der Waals surface area contributed by atoms with Crippen LogP contribution in [0.5, 0.6) is 0 Å². The molecule has 0 saturated carbocycles. The third kappa shape index (κ3) is 3.33. The van der Waals surface area contributed by atoms with Crippen molar-refractivity contribution in [3.8, 4) is 0 Å². The Bertz CT molecular complexity index is 261. The Kier molecular flexibility index (Phi) is 4.39. The molecule has 1 unspecified atom stereocenters. The van der Waals surface area contributed by atoms with E-state index >= 15 is 0 Å². The minimum absolute atomic E-state index is 0.510. The molecule has 1 heterocycles. The minimum Gasteiger partial charge on any atom is -0.407 e. The van der Waals surface area contributed by atoms with Crippen LogP contribution in [-0.4, -0.2) is 23.8 Å². The van der Waals surface area contributed by atoms with Gasteiger partial charge in [0.05, 0.1) is 6.54 Å². The quantitative estimate of drug-likeness (QED) is 0.720. The van der Waals surface area contributed by atoms with Crippen molar-refractivity contribution >= 4 is 6.01 Å². The van der Waals surface area contributed by atoms with Gasteiger partial charge in [0.15, 0.2) is 0 Å².